The molecule has 2 atom stereocenters. The van der Waals surface area contributed by atoms with Crippen LogP contribution in [0.5, 0.6) is 0 Å². The Morgan fingerprint density at radius 1 is 0.481 bits per heavy atom. The highest BCUT2D eigenvalue weighted by Crippen LogP contribution is 2.16. The number of carboxylic acid groups (broad SMARTS) is 1. The van der Waals surface area contributed by atoms with Crippen molar-refractivity contribution < 1.29 is 38.2 Å². The van der Waals surface area contributed by atoms with Crippen molar-refractivity contribution in [3.63, 3.8) is 0 Å². The average Bonchev–Trinajstić information content (AvgIpc) is 3.12. The van der Waals surface area contributed by atoms with Crippen molar-refractivity contribution in [2.45, 2.75) is 238 Å². The Kier molecular flexibility index (Phi) is 37.0. The summed E-state index contributed by atoms with van der Waals surface area (Å²) < 4.78 is 17.3. The minimum atomic E-state index is -0.870. The molecule has 54 heavy (non-hydrogen) atoms. The van der Waals surface area contributed by atoms with Crippen molar-refractivity contribution in [1.29, 1.82) is 0 Å². The summed E-state index contributed by atoms with van der Waals surface area (Å²) in [5.41, 5.74) is 0. The fourth-order valence-corrected chi connectivity index (χ4v) is 7.15. The van der Waals surface area contributed by atoms with Gasteiger partial charge < -0.3 is 23.8 Å². The lowest BCUT2D eigenvalue weighted by Crippen LogP contribution is -2.50. The number of quaternary nitrogens is 1. The van der Waals surface area contributed by atoms with E-state index in [-0.39, 0.29) is 36.2 Å². The van der Waals surface area contributed by atoms with Crippen LogP contribution in [0.15, 0.2) is 0 Å². The highest BCUT2D eigenvalue weighted by molar-refractivity contribution is 5.72. The molecule has 0 aliphatic heterocycles. The molecule has 0 aromatic heterocycles. The molecule has 0 amide bonds. The van der Waals surface area contributed by atoms with Gasteiger partial charge in [0.2, 0.25) is 0 Å². The third-order valence-electron chi connectivity index (χ3n) is 10.8. The van der Waals surface area contributed by atoms with E-state index in [0.29, 0.717) is 19.3 Å². The number of ether oxygens (including phenoxy) is 3. The van der Waals surface area contributed by atoms with E-state index in [1.54, 1.807) is 0 Å². The van der Waals surface area contributed by atoms with E-state index in [4.69, 9.17) is 14.2 Å². The molecule has 0 aliphatic rings. The number of hydrogen-bond donors (Lipinski definition) is 1. The maximum Gasteiger partial charge on any atom is 0.362 e. The molecule has 0 saturated heterocycles. The molecule has 0 aromatic rings. The minimum Gasteiger partial charge on any atom is -0.477 e. The number of carboxylic acids is 1. The molecule has 0 spiro atoms. The van der Waals surface area contributed by atoms with Crippen molar-refractivity contribution in [2.24, 2.45) is 0 Å². The Hall–Kier alpha value is -1.67. The molecule has 0 aromatic carbocycles. The molecule has 8 nitrogen and oxygen atoms in total. The Labute approximate surface area is 334 Å². The maximum absolute atomic E-state index is 12.7. The molecule has 2 unspecified atom stereocenters. The second-order valence-electron chi connectivity index (χ2n) is 17.0. The van der Waals surface area contributed by atoms with Crippen LogP contribution in [0.1, 0.15) is 226 Å². The molecule has 0 heterocycles. The number of aliphatic carboxylic acids is 1. The molecule has 8 heteroatoms. The summed E-state index contributed by atoms with van der Waals surface area (Å²) in [5.74, 6) is -1.44. The predicted molar refractivity (Wildman–Crippen MR) is 225 cm³/mol. The van der Waals surface area contributed by atoms with Crippen LogP contribution in [-0.2, 0) is 28.6 Å². The van der Waals surface area contributed by atoms with Crippen LogP contribution >= 0.6 is 0 Å². The van der Waals surface area contributed by atoms with Crippen LogP contribution in [0.25, 0.3) is 0 Å². The minimum absolute atomic E-state index is 0.0420. The summed E-state index contributed by atoms with van der Waals surface area (Å²) in [7, 11) is 5.54. The standard InChI is InChI=1S/C46H89NO7/c1-6-8-10-12-14-16-18-20-21-22-23-24-25-27-29-31-33-35-37-45(49)54-42(40-52-39-38-43(46(50)51)47(3,4)5)41-53-44(48)36-34-32-30-28-26-19-17-15-13-11-9-7-2/h42-43H,6-41H2,1-5H3/p+1. The van der Waals surface area contributed by atoms with Crippen LogP contribution in [0.4, 0.5) is 0 Å². The van der Waals surface area contributed by atoms with Gasteiger partial charge in [0.25, 0.3) is 0 Å². The normalized spacial score (nSPS) is 12.8. The lowest BCUT2D eigenvalue weighted by Gasteiger charge is -2.31. The topological polar surface area (TPSA) is 99.1 Å². The first-order chi connectivity index (χ1) is 26.1. The van der Waals surface area contributed by atoms with Crippen LogP contribution in [-0.4, -0.2) is 80.6 Å². The van der Waals surface area contributed by atoms with Crippen molar-refractivity contribution in [2.75, 3.05) is 41.0 Å². The van der Waals surface area contributed by atoms with Gasteiger partial charge >= 0.3 is 17.9 Å². The van der Waals surface area contributed by atoms with Crippen LogP contribution < -0.4 is 0 Å². The SMILES string of the molecule is CCCCCCCCCCCCCCCCCCCCC(=O)OC(COCCC(C(=O)O)[N+](C)(C)C)COC(=O)CCCCCCCCCCCCCC. The molecule has 320 valence electrons. The van der Waals surface area contributed by atoms with Gasteiger partial charge in [0.05, 0.1) is 34.4 Å². The predicted octanol–water partition coefficient (Wildman–Crippen LogP) is 12.5. The highest BCUT2D eigenvalue weighted by Gasteiger charge is 2.31. The fourth-order valence-electron chi connectivity index (χ4n) is 7.15. The molecule has 0 saturated carbocycles. The average molecular weight is 769 g/mol. The van der Waals surface area contributed by atoms with Crippen molar-refractivity contribution in [3.8, 4) is 0 Å². The molecular formula is C46H90NO7+. The highest BCUT2D eigenvalue weighted by atomic mass is 16.6. The van der Waals surface area contributed by atoms with E-state index in [9.17, 15) is 19.5 Å². The summed E-state index contributed by atoms with van der Waals surface area (Å²) in [6.07, 6.45) is 38.5. The lowest BCUT2D eigenvalue weighted by atomic mass is 10.0. The molecular weight excluding hydrogens is 679 g/mol. The quantitative estimate of drug-likeness (QED) is 0.0375. The monoisotopic (exact) mass is 769 g/mol. The van der Waals surface area contributed by atoms with E-state index >= 15 is 0 Å². The van der Waals surface area contributed by atoms with Gasteiger partial charge in [-0.3, -0.25) is 9.59 Å². The molecule has 0 fully saturated rings. The molecule has 0 radical (unpaired) electrons. The van der Waals surface area contributed by atoms with Gasteiger partial charge in [0, 0.05) is 19.3 Å². The largest absolute Gasteiger partial charge is 0.477 e. The van der Waals surface area contributed by atoms with Gasteiger partial charge in [-0.1, -0.05) is 194 Å². The zero-order chi connectivity index (χ0) is 40.0. The Bertz CT molecular complexity index is 858. The van der Waals surface area contributed by atoms with Crippen molar-refractivity contribution >= 4 is 17.9 Å². The third kappa shape index (κ3) is 36.0. The van der Waals surface area contributed by atoms with Crippen LogP contribution in [0, 0.1) is 0 Å². The van der Waals surface area contributed by atoms with E-state index in [0.717, 1.165) is 38.5 Å². The summed E-state index contributed by atoms with van der Waals surface area (Å²) in [4.78, 5) is 37.0. The van der Waals surface area contributed by atoms with E-state index < -0.39 is 18.1 Å². The van der Waals surface area contributed by atoms with Gasteiger partial charge in [-0.25, -0.2) is 4.79 Å². The summed E-state index contributed by atoms with van der Waals surface area (Å²) in [6, 6.07) is -0.607. The third-order valence-corrected chi connectivity index (χ3v) is 10.8. The van der Waals surface area contributed by atoms with Crippen molar-refractivity contribution in [1.82, 2.24) is 0 Å². The molecule has 0 aliphatic carbocycles. The summed E-state index contributed by atoms with van der Waals surface area (Å²) >= 11 is 0. The molecule has 0 rings (SSSR count). The summed E-state index contributed by atoms with van der Waals surface area (Å²) in [5, 5.41) is 9.62. The number of unbranched alkanes of at least 4 members (excludes halogenated alkanes) is 28. The van der Waals surface area contributed by atoms with Gasteiger partial charge in [-0.05, 0) is 12.8 Å². The number of esters is 2. The Morgan fingerprint density at radius 2 is 0.815 bits per heavy atom. The Balaban J connectivity index is 4.25. The molecule has 1 N–H and O–H groups in total. The number of carbonyl (C=O) groups excluding carboxylic acids is 2. The van der Waals surface area contributed by atoms with Gasteiger partial charge in [0.1, 0.15) is 6.61 Å². The van der Waals surface area contributed by atoms with Gasteiger partial charge in [0.15, 0.2) is 12.1 Å². The maximum atomic E-state index is 12.7. The van der Waals surface area contributed by atoms with Crippen LogP contribution in [0.2, 0.25) is 0 Å². The first kappa shape index (κ1) is 52.3. The smallest absolute Gasteiger partial charge is 0.362 e. The number of carbonyl (C=O) groups is 3. The number of hydrogen-bond acceptors (Lipinski definition) is 6. The zero-order valence-corrected chi connectivity index (χ0v) is 36.5. The van der Waals surface area contributed by atoms with Crippen molar-refractivity contribution in [3.05, 3.63) is 0 Å². The van der Waals surface area contributed by atoms with E-state index in [1.165, 1.54) is 154 Å². The second kappa shape index (κ2) is 38.2. The van der Waals surface area contributed by atoms with E-state index in [1.807, 2.05) is 21.1 Å². The second-order valence-corrected chi connectivity index (χ2v) is 17.0. The van der Waals surface area contributed by atoms with E-state index in [2.05, 4.69) is 13.8 Å². The number of rotatable bonds is 42. The van der Waals surface area contributed by atoms with Gasteiger partial charge in [-0.2, -0.15) is 0 Å². The lowest BCUT2D eigenvalue weighted by molar-refractivity contribution is -0.887. The fraction of sp³-hybridized carbons (Fsp3) is 0.935. The number of likely N-dealkylation sites (N-methyl/N-ethyl adjacent to an activating group) is 1. The first-order valence-corrected chi connectivity index (χ1v) is 23.1. The molecule has 0 bridgehead atoms. The summed E-state index contributed by atoms with van der Waals surface area (Å²) in [6.45, 7) is 4.77. The first-order valence-electron chi connectivity index (χ1n) is 23.1. The number of nitrogens with zero attached hydrogens (tertiary/aromatic N) is 1. The Morgan fingerprint density at radius 3 is 1.15 bits per heavy atom. The zero-order valence-electron chi connectivity index (χ0n) is 36.5. The van der Waals surface area contributed by atoms with Crippen LogP contribution in [0.3, 0.4) is 0 Å². The van der Waals surface area contributed by atoms with Gasteiger partial charge in [-0.15, -0.1) is 0 Å².